The lowest BCUT2D eigenvalue weighted by molar-refractivity contribution is 0.0702. The molecule has 0 aliphatic rings. The SMILES string of the molecule is Cc1sc(C(=O)O)cc1CN(C)CCCCCO. The maximum atomic E-state index is 10.9. The topological polar surface area (TPSA) is 60.8 Å². The lowest BCUT2D eigenvalue weighted by atomic mass is 10.2. The number of aryl methyl sites for hydroxylation is 1. The molecule has 1 heterocycles. The molecule has 1 aromatic heterocycles. The van der Waals surface area contributed by atoms with Crippen LogP contribution < -0.4 is 0 Å². The molecular weight excluding hydrogens is 250 g/mol. The second kappa shape index (κ2) is 7.51. The van der Waals surface area contributed by atoms with Gasteiger partial charge in [-0.15, -0.1) is 11.3 Å². The Morgan fingerprint density at radius 2 is 2.11 bits per heavy atom. The largest absolute Gasteiger partial charge is 0.477 e. The highest BCUT2D eigenvalue weighted by Gasteiger charge is 2.12. The Hall–Kier alpha value is -0.910. The number of aliphatic hydroxyl groups is 1. The number of nitrogens with zero attached hydrogens (tertiary/aromatic N) is 1. The summed E-state index contributed by atoms with van der Waals surface area (Å²) in [5.74, 6) is -0.847. The fraction of sp³-hybridized carbons (Fsp3) is 0.615. The number of hydrogen-bond acceptors (Lipinski definition) is 4. The first-order valence-corrected chi connectivity index (χ1v) is 6.98. The van der Waals surface area contributed by atoms with Crippen LogP contribution in [0.3, 0.4) is 0 Å². The number of carbonyl (C=O) groups is 1. The number of thiophene rings is 1. The summed E-state index contributed by atoms with van der Waals surface area (Å²) in [6.45, 7) is 3.98. The van der Waals surface area contributed by atoms with Gasteiger partial charge >= 0.3 is 5.97 Å². The van der Waals surface area contributed by atoms with E-state index in [0.717, 1.165) is 42.8 Å². The van der Waals surface area contributed by atoms with Crippen LogP contribution in [0.5, 0.6) is 0 Å². The smallest absolute Gasteiger partial charge is 0.345 e. The lowest BCUT2D eigenvalue weighted by Crippen LogP contribution is -2.19. The molecule has 4 nitrogen and oxygen atoms in total. The average Bonchev–Trinajstić information content (AvgIpc) is 2.67. The zero-order valence-corrected chi connectivity index (χ0v) is 11.8. The molecule has 0 spiro atoms. The van der Waals surface area contributed by atoms with Crippen LogP contribution in [0.1, 0.15) is 39.4 Å². The van der Waals surface area contributed by atoms with Crippen molar-refractivity contribution in [2.45, 2.75) is 32.7 Å². The quantitative estimate of drug-likeness (QED) is 0.713. The van der Waals surface area contributed by atoms with Crippen LogP contribution in [-0.4, -0.2) is 41.3 Å². The minimum absolute atomic E-state index is 0.259. The van der Waals surface area contributed by atoms with Crippen molar-refractivity contribution in [3.8, 4) is 0 Å². The van der Waals surface area contributed by atoms with E-state index in [9.17, 15) is 4.79 Å². The molecule has 1 rings (SSSR count). The molecule has 2 N–H and O–H groups in total. The molecule has 102 valence electrons. The zero-order chi connectivity index (χ0) is 13.5. The Labute approximate surface area is 112 Å². The van der Waals surface area contributed by atoms with Gasteiger partial charge in [-0.2, -0.15) is 0 Å². The summed E-state index contributed by atoms with van der Waals surface area (Å²) < 4.78 is 0. The highest BCUT2D eigenvalue weighted by atomic mass is 32.1. The van der Waals surface area contributed by atoms with Gasteiger partial charge < -0.3 is 15.1 Å². The van der Waals surface area contributed by atoms with Gasteiger partial charge in [-0.25, -0.2) is 4.79 Å². The minimum Gasteiger partial charge on any atom is -0.477 e. The number of hydrogen-bond donors (Lipinski definition) is 2. The van der Waals surface area contributed by atoms with Crippen LogP contribution in [0.4, 0.5) is 0 Å². The van der Waals surface area contributed by atoms with E-state index in [1.165, 1.54) is 11.3 Å². The van der Waals surface area contributed by atoms with Gasteiger partial charge in [0.05, 0.1) is 0 Å². The molecule has 0 saturated carbocycles. The van der Waals surface area contributed by atoms with Gasteiger partial charge in [0.2, 0.25) is 0 Å². The van der Waals surface area contributed by atoms with Crippen molar-refractivity contribution in [1.29, 1.82) is 0 Å². The Morgan fingerprint density at radius 1 is 1.39 bits per heavy atom. The molecule has 0 radical (unpaired) electrons. The van der Waals surface area contributed by atoms with E-state index in [0.29, 0.717) is 4.88 Å². The molecule has 0 bridgehead atoms. The lowest BCUT2D eigenvalue weighted by Gasteiger charge is -2.16. The van der Waals surface area contributed by atoms with E-state index in [1.54, 1.807) is 6.07 Å². The van der Waals surface area contributed by atoms with Crippen molar-refractivity contribution in [1.82, 2.24) is 4.90 Å². The van der Waals surface area contributed by atoms with E-state index in [4.69, 9.17) is 10.2 Å². The summed E-state index contributed by atoms with van der Waals surface area (Å²) in [6.07, 6.45) is 2.95. The third-order valence-corrected chi connectivity index (χ3v) is 3.95. The van der Waals surface area contributed by atoms with E-state index in [2.05, 4.69) is 4.90 Å². The fourth-order valence-corrected chi connectivity index (χ4v) is 2.70. The summed E-state index contributed by atoms with van der Waals surface area (Å²) >= 11 is 1.34. The minimum atomic E-state index is -0.847. The van der Waals surface area contributed by atoms with Crippen LogP contribution >= 0.6 is 11.3 Å². The second-order valence-electron chi connectivity index (χ2n) is 4.52. The standard InChI is InChI=1S/C13H21NO3S/c1-10-11(8-12(18-10)13(16)17)9-14(2)6-4-3-5-7-15/h8,15H,3-7,9H2,1-2H3,(H,16,17). The molecule has 0 aliphatic carbocycles. The maximum Gasteiger partial charge on any atom is 0.345 e. The number of aliphatic hydroxyl groups excluding tert-OH is 1. The Morgan fingerprint density at radius 3 is 2.67 bits per heavy atom. The van der Waals surface area contributed by atoms with Crippen molar-refractivity contribution in [2.24, 2.45) is 0 Å². The molecule has 0 saturated heterocycles. The van der Waals surface area contributed by atoms with Crippen LogP contribution in [-0.2, 0) is 6.54 Å². The van der Waals surface area contributed by atoms with Crippen molar-refractivity contribution in [2.75, 3.05) is 20.2 Å². The van der Waals surface area contributed by atoms with Crippen molar-refractivity contribution in [3.63, 3.8) is 0 Å². The molecular formula is C13H21NO3S. The first-order chi connectivity index (χ1) is 8.54. The van der Waals surface area contributed by atoms with Crippen LogP contribution in [0.2, 0.25) is 0 Å². The molecule has 0 unspecified atom stereocenters. The maximum absolute atomic E-state index is 10.9. The van der Waals surface area contributed by atoms with E-state index in [-0.39, 0.29) is 6.61 Å². The number of carboxylic acid groups (broad SMARTS) is 1. The fourth-order valence-electron chi connectivity index (χ4n) is 1.82. The molecule has 0 amide bonds. The predicted molar refractivity (Wildman–Crippen MR) is 73.3 cm³/mol. The monoisotopic (exact) mass is 271 g/mol. The highest BCUT2D eigenvalue weighted by Crippen LogP contribution is 2.22. The number of aromatic carboxylic acids is 1. The van der Waals surface area contributed by atoms with Gasteiger partial charge in [-0.1, -0.05) is 0 Å². The zero-order valence-electron chi connectivity index (χ0n) is 11.0. The van der Waals surface area contributed by atoms with Gasteiger partial charge in [-0.3, -0.25) is 0 Å². The predicted octanol–water partition coefficient (Wildman–Crippen LogP) is 2.35. The third kappa shape index (κ3) is 4.76. The average molecular weight is 271 g/mol. The van der Waals surface area contributed by atoms with E-state index < -0.39 is 5.97 Å². The van der Waals surface area contributed by atoms with Gasteiger partial charge in [0.1, 0.15) is 4.88 Å². The second-order valence-corrected chi connectivity index (χ2v) is 5.78. The van der Waals surface area contributed by atoms with Crippen LogP contribution in [0, 0.1) is 6.92 Å². The van der Waals surface area contributed by atoms with Crippen molar-refractivity contribution < 1.29 is 15.0 Å². The van der Waals surface area contributed by atoms with Crippen molar-refractivity contribution in [3.05, 3.63) is 21.4 Å². The summed E-state index contributed by atoms with van der Waals surface area (Å²) in [4.78, 5) is 14.6. The van der Waals surface area contributed by atoms with E-state index >= 15 is 0 Å². The Balaban J connectivity index is 2.43. The molecule has 0 atom stereocenters. The summed E-state index contributed by atoms with van der Waals surface area (Å²) in [5.41, 5.74) is 1.10. The first kappa shape index (κ1) is 15.1. The summed E-state index contributed by atoms with van der Waals surface area (Å²) in [6, 6.07) is 1.77. The Kier molecular flexibility index (Phi) is 6.32. The number of carboxylic acids is 1. The third-order valence-electron chi connectivity index (χ3n) is 2.87. The van der Waals surface area contributed by atoms with Gasteiger partial charge in [0, 0.05) is 18.0 Å². The van der Waals surface area contributed by atoms with Crippen LogP contribution in [0.15, 0.2) is 6.07 Å². The summed E-state index contributed by atoms with van der Waals surface area (Å²) in [5, 5.41) is 17.6. The normalized spacial score (nSPS) is 11.1. The molecule has 0 aliphatic heterocycles. The first-order valence-electron chi connectivity index (χ1n) is 6.16. The summed E-state index contributed by atoms with van der Waals surface area (Å²) in [7, 11) is 2.04. The highest BCUT2D eigenvalue weighted by molar-refractivity contribution is 7.14. The molecule has 0 aromatic carbocycles. The Bertz CT molecular complexity index is 390. The van der Waals surface area contributed by atoms with Gasteiger partial charge in [0.15, 0.2) is 0 Å². The molecule has 0 fully saturated rings. The van der Waals surface area contributed by atoms with E-state index in [1.807, 2.05) is 14.0 Å². The van der Waals surface area contributed by atoms with Gasteiger partial charge in [-0.05, 0) is 51.4 Å². The number of rotatable bonds is 8. The number of unbranched alkanes of at least 4 members (excludes halogenated alkanes) is 2. The molecule has 5 heteroatoms. The van der Waals surface area contributed by atoms with Crippen LogP contribution in [0.25, 0.3) is 0 Å². The molecule has 18 heavy (non-hydrogen) atoms. The van der Waals surface area contributed by atoms with Gasteiger partial charge in [0.25, 0.3) is 0 Å². The van der Waals surface area contributed by atoms with Crippen molar-refractivity contribution >= 4 is 17.3 Å². The molecule has 1 aromatic rings.